The highest BCUT2D eigenvalue weighted by atomic mass is 14.9. The lowest BCUT2D eigenvalue weighted by Crippen LogP contribution is -1.89. The highest BCUT2D eigenvalue weighted by Gasteiger charge is 2.12. The van der Waals surface area contributed by atoms with Crippen LogP contribution in [0.15, 0.2) is 151 Å². The highest BCUT2D eigenvalue weighted by Crippen LogP contribution is 2.34. The second-order valence-corrected chi connectivity index (χ2v) is 9.20. The molecule has 1 aromatic heterocycles. The Balaban J connectivity index is 1.31. The van der Waals surface area contributed by atoms with Crippen molar-refractivity contribution >= 4 is 23.7 Å². The average molecular weight is 487 g/mol. The van der Waals surface area contributed by atoms with Gasteiger partial charge in [-0.15, -0.1) is 0 Å². The van der Waals surface area contributed by atoms with Gasteiger partial charge in [0.25, 0.3) is 0 Å². The first kappa shape index (κ1) is 23.3. The number of pyridine rings is 1. The monoisotopic (exact) mass is 486 g/mol. The van der Waals surface area contributed by atoms with Crippen molar-refractivity contribution in [3.05, 3.63) is 157 Å². The van der Waals surface area contributed by atoms with Gasteiger partial charge in [-0.05, 0) is 68.3 Å². The predicted octanol–water partition coefficient (Wildman–Crippen LogP) is 9.45. The van der Waals surface area contributed by atoms with Gasteiger partial charge in [0.05, 0.1) is 0 Å². The lowest BCUT2D eigenvalue weighted by Gasteiger charge is -2.10. The molecule has 0 saturated carbocycles. The number of nitrogens with zero attached hydrogens (tertiary/aromatic N) is 2. The van der Waals surface area contributed by atoms with E-state index in [1.165, 1.54) is 22.3 Å². The molecule has 0 N–H and O–H groups in total. The lowest BCUT2D eigenvalue weighted by atomic mass is 9.94. The van der Waals surface area contributed by atoms with Crippen LogP contribution >= 0.6 is 0 Å². The largest absolute Gasteiger partial charge is 0.237 e. The molecule has 0 atom stereocenters. The van der Waals surface area contributed by atoms with E-state index in [-0.39, 0.29) is 0 Å². The number of hydrogen-bond acceptors (Lipinski definition) is 2. The predicted molar refractivity (Wildman–Crippen MR) is 161 cm³/mol. The summed E-state index contributed by atoms with van der Waals surface area (Å²) in [5, 5.41) is 0. The van der Waals surface area contributed by atoms with Crippen LogP contribution in [0.3, 0.4) is 0 Å². The van der Waals surface area contributed by atoms with E-state index < -0.39 is 0 Å². The Kier molecular flexibility index (Phi) is 6.44. The van der Waals surface area contributed by atoms with Crippen molar-refractivity contribution in [1.29, 1.82) is 0 Å². The molecule has 0 amide bonds. The van der Waals surface area contributed by atoms with Crippen molar-refractivity contribution in [3.63, 3.8) is 0 Å². The van der Waals surface area contributed by atoms with Gasteiger partial charge in [0, 0.05) is 18.0 Å². The van der Waals surface area contributed by atoms with Gasteiger partial charge in [-0.2, -0.15) is 0 Å². The Morgan fingerprint density at radius 3 is 1.63 bits per heavy atom. The van der Waals surface area contributed by atoms with Crippen LogP contribution in [0, 0.1) is 0 Å². The summed E-state index contributed by atoms with van der Waals surface area (Å²) in [6.45, 7) is 4.38. The lowest BCUT2D eigenvalue weighted by molar-refractivity contribution is 1.27. The van der Waals surface area contributed by atoms with Crippen molar-refractivity contribution < 1.29 is 0 Å². The molecule has 0 spiro atoms. The molecule has 2 nitrogen and oxygen atoms in total. The first-order valence-electron chi connectivity index (χ1n) is 12.7. The molecule has 1 aliphatic heterocycles. The van der Waals surface area contributed by atoms with Crippen LogP contribution in [0.5, 0.6) is 0 Å². The van der Waals surface area contributed by atoms with E-state index in [1.54, 1.807) is 0 Å². The van der Waals surface area contributed by atoms with E-state index >= 15 is 0 Å². The van der Waals surface area contributed by atoms with Crippen molar-refractivity contribution in [2.24, 2.45) is 4.99 Å². The highest BCUT2D eigenvalue weighted by molar-refractivity contribution is 5.96. The third kappa shape index (κ3) is 4.80. The van der Waals surface area contributed by atoms with Gasteiger partial charge < -0.3 is 0 Å². The summed E-state index contributed by atoms with van der Waals surface area (Å²) in [5.41, 5.74) is 11.0. The minimum atomic E-state index is 0.690. The Morgan fingerprint density at radius 2 is 1.03 bits per heavy atom. The molecule has 6 rings (SSSR count). The van der Waals surface area contributed by atoms with Gasteiger partial charge in [-0.3, -0.25) is 0 Å². The van der Waals surface area contributed by atoms with E-state index in [2.05, 4.69) is 121 Å². The number of benzene rings is 4. The molecule has 1 aliphatic rings. The molecule has 0 bridgehead atoms. The molecule has 2 heterocycles. The summed E-state index contributed by atoms with van der Waals surface area (Å²) in [4.78, 5) is 9.30. The van der Waals surface area contributed by atoms with Crippen LogP contribution in [0.4, 0.5) is 5.82 Å². The minimum Gasteiger partial charge on any atom is -0.237 e. The Hall–Kier alpha value is -5.08. The topological polar surface area (TPSA) is 25.2 Å². The van der Waals surface area contributed by atoms with Crippen LogP contribution < -0.4 is 0 Å². The van der Waals surface area contributed by atoms with E-state index in [0.717, 1.165) is 33.4 Å². The van der Waals surface area contributed by atoms with Gasteiger partial charge in [-0.25, -0.2) is 9.98 Å². The second kappa shape index (κ2) is 10.5. The van der Waals surface area contributed by atoms with Crippen molar-refractivity contribution in [3.8, 4) is 33.4 Å². The molecule has 180 valence electrons. The zero-order valence-electron chi connectivity index (χ0n) is 21.0. The zero-order valence-corrected chi connectivity index (χ0v) is 21.0. The summed E-state index contributed by atoms with van der Waals surface area (Å²) in [6, 6.07) is 40.1. The number of aromatic nitrogens is 1. The summed E-state index contributed by atoms with van der Waals surface area (Å²) < 4.78 is 0. The van der Waals surface area contributed by atoms with Crippen molar-refractivity contribution in [1.82, 2.24) is 4.98 Å². The van der Waals surface area contributed by atoms with Gasteiger partial charge in [0.2, 0.25) is 0 Å². The molecular formula is C36H26N2. The molecule has 0 radical (unpaired) electrons. The molecule has 0 aliphatic carbocycles. The van der Waals surface area contributed by atoms with Crippen LogP contribution in [0.1, 0.15) is 11.1 Å². The quantitative estimate of drug-likeness (QED) is 0.248. The van der Waals surface area contributed by atoms with Crippen LogP contribution in [-0.4, -0.2) is 11.2 Å². The second-order valence-electron chi connectivity index (χ2n) is 9.20. The average Bonchev–Trinajstić information content (AvgIpc) is 3.07. The number of aliphatic imine (C=N–C) groups is 1. The summed E-state index contributed by atoms with van der Waals surface area (Å²) in [7, 11) is 0. The van der Waals surface area contributed by atoms with E-state index in [1.807, 2.05) is 36.7 Å². The van der Waals surface area contributed by atoms with Crippen LogP contribution in [0.25, 0.3) is 45.0 Å². The number of fused-ring (bicyclic) bond motifs is 1. The van der Waals surface area contributed by atoms with E-state index in [9.17, 15) is 0 Å². The molecule has 4 aromatic carbocycles. The van der Waals surface area contributed by atoms with Gasteiger partial charge in [0.1, 0.15) is 0 Å². The van der Waals surface area contributed by atoms with Gasteiger partial charge in [-0.1, -0.05) is 122 Å². The van der Waals surface area contributed by atoms with E-state index in [0.29, 0.717) is 5.82 Å². The maximum Gasteiger partial charge on any atom is 0.159 e. The standard InChI is InChI=1S/C36H26N2/c1-26-12-21-35-34(32-19-15-30(16-20-32)28-10-6-3-7-11-28)23-25-38-36(35)37-24-22-33(26)31-17-13-29(14-18-31)27-8-4-2-5-9-27/h2-25H,1H2/b21-12-,33-22+,37-24-. The van der Waals surface area contributed by atoms with E-state index in [4.69, 9.17) is 4.99 Å². The zero-order chi connectivity index (χ0) is 25.7. The Morgan fingerprint density at radius 1 is 0.500 bits per heavy atom. The SMILES string of the molecule is C=C1/C=C\c2c(-c3ccc(-c4ccccc4)cc3)ccnc2/N=C\C=C/1c1ccc(-c2ccccc2)cc1. The number of allylic oxidation sites excluding steroid dienone is 4. The third-order valence-electron chi connectivity index (χ3n) is 6.81. The fourth-order valence-corrected chi connectivity index (χ4v) is 4.77. The maximum absolute atomic E-state index is 4.73. The molecule has 0 unspecified atom stereocenters. The molecule has 0 saturated heterocycles. The first-order chi connectivity index (χ1) is 18.8. The summed E-state index contributed by atoms with van der Waals surface area (Å²) >= 11 is 0. The van der Waals surface area contributed by atoms with Gasteiger partial charge >= 0.3 is 0 Å². The number of hydrogen-bond donors (Lipinski definition) is 0. The summed E-state index contributed by atoms with van der Waals surface area (Å²) in [5.74, 6) is 0.690. The van der Waals surface area contributed by atoms with Crippen LogP contribution in [0.2, 0.25) is 0 Å². The summed E-state index contributed by atoms with van der Waals surface area (Å²) in [6.07, 6.45) is 9.81. The Labute approximate surface area is 223 Å². The number of rotatable bonds is 4. The molecule has 2 heteroatoms. The fraction of sp³-hybridized carbons (Fsp3) is 0. The molecular weight excluding hydrogens is 460 g/mol. The van der Waals surface area contributed by atoms with Crippen LogP contribution in [-0.2, 0) is 0 Å². The smallest absolute Gasteiger partial charge is 0.159 e. The molecule has 0 fully saturated rings. The van der Waals surface area contributed by atoms with Crippen molar-refractivity contribution in [2.75, 3.05) is 0 Å². The van der Waals surface area contributed by atoms with Gasteiger partial charge in [0.15, 0.2) is 5.82 Å². The fourth-order valence-electron chi connectivity index (χ4n) is 4.77. The minimum absolute atomic E-state index is 0.690. The normalized spacial score (nSPS) is 15.8. The molecule has 5 aromatic rings. The third-order valence-corrected chi connectivity index (χ3v) is 6.81. The maximum atomic E-state index is 4.73. The first-order valence-corrected chi connectivity index (χ1v) is 12.7. The van der Waals surface area contributed by atoms with Crippen molar-refractivity contribution in [2.45, 2.75) is 0 Å². The Bertz CT molecular complexity index is 1670. The molecule has 38 heavy (non-hydrogen) atoms.